The minimum absolute atomic E-state index is 0.0643. The second kappa shape index (κ2) is 4.72. The highest BCUT2D eigenvalue weighted by molar-refractivity contribution is 5.95. The standard InChI is InChI=1S/C10H13NO2/c1-3-13-7-10(12)9-6-4-5-8(2)11-9/h4-6H,3,7H2,1-2H3. The van der Waals surface area contributed by atoms with E-state index in [-0.39, 0.29) is 12.4 Å². The molecule has 13 heavy (non-hydrogen) atoms. The van der Waals surface area contributed by atoms with Gasteiger partial charge in [0.2, 0.25) is 5.78 Å². The van der Waals surface area contributed by atoms with Crippen LogP contribution >= 0.6 is 0 Å². The highest BCUT2D eigenvalue weighted by Crippen LogP contribution is 1.99. The molecule has 0 fully saturated rings. The van der Waals surface area contributed by atoms with Gasteiger partial charge in [0.25, 0.3) is 0 Å². The summed E-state index contributed by atoms with van der Waals surface area (Å²) in [7, 11) is 0. The molecule has 0 saturated carbocycles. The summed E-state index contributed by atoms with van der Waals surface area (Å²) >= 11 is 0. The van der Waals surface area contributed by atoms with Crippen molar-refractivity contribution in [2.45, 2.75) is 13.8 Å². The predicted molar refractivity (Wildman–Crippen MR) is 49.8 cm³/mol. The zero-order chi connectivity index (χ0) is 9.68. The van der Waals surface area contributed by atoms with Gasteiger partial charge in [0.15, 0.2) is 0 Å². The van der Waals surface area contributed by atoms with Gasteiger partial charge in [0.05, 0.1) is 0 Å². The van der Waals surface area contributed by atoms with E-state index in [4.69, 9.17) is 4.74 Å². The van der Waals surface area contributed by atoms with Crippen molar-refractivity contribution in [1.82, 2.24) is 4.98 Å². The van der Waals surface area contributed by atoms with Gasteiger partial charge in [0.1, 0.15) is 12.3 Å². The van der Waals surface area contributed by atoms with Crippen molar-refractivity contribution in [3.05, 3.63) is 29.6 Å². The Kier molecular flexibility index (Phi) is 3.58. The number of aromatic nitrogens is 1. The monoisotopic (exact) mass is 179 g/mol. The van der Waals surface area contributed by atoms with Crippen molar-refractivity contribution in [2.24, 2.45) is 0 Å². The first-order valence-corrected chi connectivity index (χ1v) is 4.28. The third-order valence-electron chi connectivity index (χ3n) is 1.61. The molecule has 0 unspecified atom stereocenters. The molecule has 3 heteroatoms. The summed E-state index contributed by atoms with van der Waals surface area (Å²) in [6.45, 7) is 4.39. The van der Waals surface area contributed by atoms with Crippen LogP contribution in [-0.2, 0) is 4.74 Å². The number of nitrogens with zero attached hydrogens (tertiary/aromatic N) is 1. The Morgan fingerprint density at radius 2 is 2.31 bits per heavy atom. The van der Waals surface area contributed by atoms with Crippen LogP contribution in [0.2, 0.25) is 0 Å². The lowest BCUT2D eigenvalue weighted by atomic mass is 10.2. The molecule has 0 aliphatic carbocycles. The normalized spacial score (nSPS) is 10.0. The number of ketones is 1. The van der Waals surface area contributed by atoms with Crippen molar-refractivity contribution < 1.29 is 9.53 Å². The molecule has 3 nitrogen and oxygen atoms in total. The topological polar surface area (TPSA) is 39.2 Å². The summed E-state index contributed by atoms with van der Waals surface area (Å²) in [5, 5.41) is 0. The van der Waals surface area contributed by atoms with Gasteiger partial charge in [-0.25, -0.2) is 4.98 Å². The number of hydrogen-bond donors (Lipinski definition) is 0. The molecule has 0 spiro atoms. The molecule has 1 heterocycles. The smallest absolute Gasteiger partial charge is 0.206 e. The highest BCUT2D eigenvalue weighted by atomic mass is 16.5. The second-order valence-corrected chi connectivity index (χ2v) is 2.72. The quantitative estimate of drug-likeness (QED) is 0.659. The van der Waals surface area contributed by atoms with Crippen LogP contribution in [0.3, 0.4) is 0 Å². The fraction of sp³-hybridized carbons (Fsp3) is 0.400. The van der Waals surface area contributed by atoms with Gasteiger partial charge in [0, 0.05) is 12.3 Å². The van der Waals surface area contributed by atoms with Gasteiger partial charge < -0.3 is 4.74 Å². The Hall–Kier alpha value is -1.22. The van der Waals surface area contributed by atoms with E-state index >= 15 is 0 Å². The number of aryl methyl sites for hydroxylation is 1. The minimum atomic E-state index is -0.0643. The number of pyridine rings is 1. The summed E-state index contributed by atoms with van der Waals surface area (Å²) in [6.07, 6.45) is 0. The van der Waals surface area contributed by atoms with Crippen molar-refractivity contribution >= 4 is 5.78 Å². The molecule has 0 bridgehead atoms. The molecule has 0 aliphatic heterocycles. The van der Waals surface area contributed by atoms with Crippen LogP contribution in [0.15, 0.2) is 18.2 Å². The van der Waals surface area contributed by atoms with E-state index in [1.54, 1.807) is 6.07 Å². The van der Waals surface area contributed by atoms with Gasteiger partial charge in [-0.1, -0.05) is 6.07 Å². The Morgan fingerprint density at radius 3 is 2.92 bits per heavy atom. The Bertz CT molecular complexity index is 297. The van der Waals surface area contributed by atoms with Gasteiger partial charge in [-0.05, 0) is 26.0 Å². The van der Waals surface area contributed by atoms with Crippen LogP contribution < -0.4 is 0 Å². The van der Waals surface area contributed by atoms with Crippen molar-refractivity contribution in [3.63, 3.8) is 0 Å². The summed E-state index contributed by atoms with van der Waals surface area (Å²) in [5.41, 5.74) is 1.33. The number of hydrogen-bond acceptors (Lipinski definition) is 3. The minimum Gasteiger partial charge on any atom is -0.374 e. The molecule has 1 rings (SSSR count). The molecule has 0 aromatic carbocycles. The molecule has 0 aliphatic rings. The first-order chi connectivity index (χ1) is 6.24. The summed E-state index contributed by atoms with van der Waals surface area (Å²) in [6, 6.07) is 5.38. The molecule has 0 saturated heterocycles. The summed E-state index contributed by atoms with van der Waals surface area (Å²) < 4.78 is 5.00. The summed E-state index contributed by atoms with van der Waals surface area (Å²) in [4.78, 5) is 15.5. The van der Waals surface area contributed by atoms with E-state index < -0.39 is 0 Å². The molecule has 1 aromatic rings. The molecule has 0 radical (unpaired) electrons. The maximum absolute atomic E-state index is 11.4. The molecular weight excluding hydrogens is 166 g/mol. The van der Waals surface area contributed by atoms with Gasteiger partial charge >= 0.3 is 0 Å². The zero-order valence-corrected chi connectivity index (χ0v) is 7.91. The number of carbonyl (C=O) groups is 1. The molecule has 1 aromatic heterocycles. The van der Waals surface area contributed by atoms with Crippen LogP contribution in [0.4, 0.5) is 0 Å². The second-order valence-electron chi connectivity index (χ2n) is 2.72. The van der Waals surface area contributed by atoms with Gasteiger partial charge in [-0.2, -0.15) is 0 Å². The van der Waals surface area contributed by atoms with E-state index in [0.29, 0.717) is 12.3 Å². The van der Waals surface area contributed by atoms with Crippen molar-refractivity contribution in [2.75, 3.05) is 13.2 Å². The fourth-order valence-corrected chi connectivity index (χ4v) is 0.967. The Labute approximate surface area is 77.8 Å². The van der Waals surface area contributed by atoms with Crippen LogP contribution in [-0.4, -0.2) is 24.0 Å². The van der Waals surface area contributed by atoms with Crippen molar-refractivity contribution in [3.8, 4) is 0 Å². The van der Waals surface area contributed by atoms with E-state index in [1.807, 2.05) is 26.0 Å². The molecule has 0 atom stereocenters. The maximum atomic E-state index is 11.4. The van der Waals surface area contributed by atoms with E-state index in [0.717, 1.165) is 5.69 Å². The fourth-order valence-electron chi connectivity index (χ4n) is 0.967. The van der Waals surface area contributed by atoms with Crippen LogP contribution in [0.1, 0.15) is 23.1 Å². The summed E-state index contributed by atoms with van der Waals surface area (Å²) in [5.74, 6) is -0.0643. The van der Waals surface area contributed by atoms with Crippen LogP contribution in [0.5, 0.6) is 0 Å². The average Bonchev–Trinajstić information content (AvgIpc) is 2.14. The van der Waals surface area contributed by atoms with E-state index in [1.165, 1.54) is 0 Å². The highest BCUT2D eigenvalue weighted by Gasteiger charge is 2.06. The van der Waals surface area contributed by atoms with E-state index in [9.17, 15) is 4.79 Å². The third-order valence-corrected chi connectivity index (χ3v) is 1.61. The lowest BCUT2D eigenvalue weighted by Crippen LogP contribution is -2.10. The average molecular weight is 179 g/mol. The van der Waals surface area contributed by atoms with Gasteiger partial charge in [-0.3, -0.25) is 4.79 Å². The first kappa shape index (κ1) is 9.86. The Morgan fingerprint density at radius 1 is 1.54 bits per heavy atom. The predicted octanol–water partition coefficient (Wildman–Crippen LogP) is 1.61. The number of Topliss-reactive ketones (excluding diaryl/α,β-unsaturated/α-hetero) is 1. The molecule has 70 valence electrons. The van der Waals surface area contributed by atoms with Crippen LogP contribution in [0, 0.1) is 6.92 Å². The lowest BCUT2D eigenvalue weighted by molar-refractivity contribution is 0.0778. The van der Waals surface area contributed by atoms with Gasteiger partial charge in [-0.15, -0.1) is 0 Å². The van der Waals surface area contributed by atoms with Crippen molar-refractivity contribution in [1.29, 1.82) is 0 Å². The molecule has 0 amide bonds. The van der Waals surface area contributed by atoms with Crippen LogP contribution in [0.25, 0.3) is 0 Å². The third kappa shape index (κ3) is 2.95. The SMILES string of the molecule is CCOCC(=O)c1cccc(C)n1. The largest absolute Gasteiger partial charge is 0.374 e. The maximum Gasteiger partial charge on any atom is 0.206 e. The first-order valence-electron chi connectivity index (χ1n) is 4.28. The Balaban J connectivity index is 2.66. The van der Waals surface area contributed by atoms with E-state index in [2.05, 4.69) is 4.98 Å². The zero-order valence-electron chi connectivity index (χ0n) is 7.91. The molecule has 0 N–H and O–H groups in total. The number of ether oxygens (including phenoxy) is 1. The lowest BCUT2D eigenvalue weighted by Gasteiger charge is -2.00. The number of rotatable bonds is 4. The molecular formula is C10H13NO2. The number of carbonyl (C=O) groups excluding carboxylic acids is 1.